The van der Waals surface area contributed by atoms with Crippen molar-refractivity contribution in [2.45, 2.75) is 36.8 Å². The van der Waals surface area contributed by atoms with Crippen LogP contribution in [-0.4, -0.2) is 68.4 Å². The van der Waals surface area contributed by atoms with Gasteiger partial charge in [0, 0.05) is 35.0 Å². The van der Waals surface area contributed by atoms with Crippen LogP contribution in [0.3, 0.4) is 0 Å². The van der Waals surface area contributed by atoms with E-state index in [2.05, 4.69) is 20.6 Å². The number of nitrogens with zero attached hydrogens (tertiary/aromatic N) is 2. The molecule has 2 aromatic heterocycles. The maximum Gasteiger partial charge on any atom is 0.294 e. The maximum atomic E-state index is 13.9. The Hall–Kier alpha value is -5.77. The van der Waals surface area contributed by atoms with Crippen LogP contribution in [0.2, 0.25) is 5.02 Å². The highest BCUT2D eigenvalue weighted by Crippen LogP contribution is 2.33. The lowest BCUT2D eigenvalue weighted by molar-refractivity contribution is 0.300. The SMILES string of the molecule is CS(=O)(=O)CCNCc1ccc(-c2ccc3ncnc(Nc4ccc(OCc5ccccc5F)c(Cl)c4)c3c2)o1.Cc1ccc(S(=O)(=O)O)cc1.Cc1ccc(S(=O)(=O)O)cc1.O. The molecule has 0 aliphatic rings. The van der Waals surface area contributed by atoms with E-state index in [1.165, 1.54) is 42.9 Å². The predicted molar refractivity (Wildman–Crippen MR) is 240 cm³/mol. The van der Waals surface area contributed by atoms with Gasteiger partial charge in [-0.2, -0.15) is 16.8 Å². The average Bonchev–Trinajstić information content (AvgIpc) is 3.69. The Morgan fingerprint density at radius 2 is 1.38 bits per heavy atom. The summed E-state index contributed by atoms with van der Waals surface area (Å²) < 4.78 is 107. The Balaban J connectivity index is 0.000000308. The number of anilines is 2. The Kier molecular flexibility index (Phi) is 17.4. The van der Waals surface area contributed by atoms with Crippen LogP contribution in [0.4, 0.5) is 15.9 Å². The third-order valence-corrected chi connectivity index (χ3v) is 11.7. The van der Waals surface area contributed by atoms with Gasteiger partial charge in [0.05, 0.1) is 32.6 Å². The lowest BCUT2D eigenvalue weighted by atomic mass is 10.1. The number of hydrogen-bond donors (Lipinski definition) is 4. The number of halogens is 2. The molecular formula is C43H44ClFN4O11S3. The molecule has 0 bridgehead atoms. The maximum absolute atomic E-state index is 13.9. The van der Waals surface area contributed by atoms with Crippen molar-refractivity contribution in [2.24, 2.45) is 0 Å². The summed E-state index contributed by atoms with van der Waals surface area (Å²) in [6.45, 7) is 4.50. The van der Waals surface area contributed by atoms with E-state index in [9.17, 15) is 29.6 Å². The van der Waals surface area contributed by atoms with Crippen molar-refractivity contribution in [2.75, 3.05) is 23.9 Å². The topological polar surface area (TPSA) is 247 Å². The molecule has 0 spiro atoms. The van der Waals surface area contributed by atoms with E-state index in [1.54, 1.807) is 60.7 Å². The molecule has 0 saturated carbocycles. The Labute approximate surface area is 369 Å². The van der Waals surface area contributed by atoms with Crippen molar-refractivity contribution in [1.82, 2.24) is 15.3 Å². The van der Waals surface area contributed by atoms with Gasteiger partial charge in [0.25, 0.3) is 20.2 Å². The summed E-state index contributed by atoms with van der Waals surface area (Å²) in [4.78, 5) is 8.66. The summed E-state index contributed by atoms with van der Waals surface area (Å²) >= 11 is 6.46. The van der Waals surface area contributed by atoms with Gasteiger partial charge in [0.15, 0.2) is 0 Å². The number of furan rings is 1. The van der Waals surface area contributed by atoms with Gasteiger partial charge in [-0.25, -0.2) is 22.8 Å². The standard InChI is InChI=1S/C29H26ClFN4O4S.2C7H8O3S.H2O/c1-40(36,37)13-12-32-16-22-8-11-27(39-22)19-6-9-26-23(14-19)29(34-18-33-26)35-21-7-10-28(24(30)15-21)38-17-20-4-2-3-5-25(20)31;2*1-6-2-4-7(5-3-6)11(8,9)10;/h2-11,14-15,18,32H,12-13,16-17H2,1H3,(H,33,34,35);2*2-5H,1H3,(H,8,9,10);1H2. The first-order chi connectivity index (χ1) is 29.2. The molecule has 0 atom stereocenters. The summed E-state index contributed by atoms with van der Waals surface area (Å²) in [5, 5.41) is 7.51. The van der Waals surface area contributed by atoms with Gasteiger partial charge in [0.2, 0.25) is 0 Å². The minimum absolute atomic E-state index is 0. The highest BCUT2D eigenvalue weighted by molar-refractivity contribution is 7.90. The number of fused-ring (bicyclic) bond motifs is 1. The number of hydrogen-bond acceptors (Lipinski definition) is 12. The van der Waals surface area contributed by atoms with Crippen LogP contribution < -0.4 is 15.4 Å². The number of aromatic nitrogens is 2. The summed E-state index contributed by atoms with van der Waals surface area (Å²) in [6.07, 6.45) is 2.69. The second kappa shape index (κ2) is 22.0. The fourth-order valence-electron chi connectivity index (χ4n) is 5.43. The number of sulfone groups is 1. The monoisotopic (exact) mass is 942 g/mol. The van der Waals surface area contributed by atoms with E-state index in [1.807, 2.05) is 44.2 Å². The van der Waals surface area contributed by atoms with E-state index in [0.29, 0.717) is 52.5 Å². The normalized spacial score (nSPS) is 11.3. The molecule has 7 rings (SSSR count). The number of benzene rings is 5. The summed E-state index contributed by atoms with van der Waals surface area (Å²) in [5.74, 6) is 2.10. The molecule has 0 radical (unpaired) electrons. The van der Waals surface area contributed by atoms with Crippen LogP contribution in [0.15, 0.2) is 142 Å². The number of aryl methyl sites for hydroxylation is 2. The Bertz CT molecular complexity index is 2900. The lowest BCUT2D eigenvalue weighted by Crippen LogP contribution is -2.21. The van der Waals surface area contributed by atoms with Gasteiger partial charge in [-0.05, 0) is 92.7 Å². The first-order valence-corrected chi connectivity index (χ1v) is 23.8. The quantitative estimate of drug-likeness (QED) is 0.0637. The molecule has 5 aromatic carbocycles. The minimum Gasteiger partial charge on any atom is -0.487 e. The average molecular weight is 943 g/mol. The van der Waals surface area contributed by atoms with Gasteiger partial charge in [-0.15, -0.1) is 0 Å². The van der Waals surface area contributed by atoms with E-state index < -0.39 is 30.1 Å². The van der Waals surface area contributed by atoms with Gasteiger partial charge in [-0.3, -0.25) is 9.11 Å². The lowest BCUT2D eigenvalue weighted by Gasteiger charge is -2.12. The van der Waals surface area contributed by atoms with Crippen molar-refractivity contribution in [3.63, 3.8) is 0 Å². The Morgan fingerprint density at radius 1 is 0.762 bits per heavy atom. The second-order valence-corrected chi connectivity index (χ2v) is 19.3. The molecule has 0 aliphatic carbocycles. The molecular weight excluding hydrogens is 899 g/mol. The zero-order valence-electron chi connectivity index (χ0n) is 34.0. The number of rotatable bonds is 13. The molecule has 0 fully saturated rings. The van der Waals surface area contributed by atoms with Crippen molar-refractivity contribution in [1.29, 1.82) is 0 Å². The summed E-state index contributed by atoms with van der Waals surface area (Å²) in [5.41, 5.74) is 4.62. The van der Waals surface area contributed by atoms with Crippen molar-refractivity contribution in [3.05, 3.63) is 161 Å². The molecule has 0 unspecified atom stereocenters. The molecule has 15 nitrogen and oxygen atoms in total. The van der Waals surface area contributed by atoms with Crippen LogP contribution in [0.1, 0.15) is 22.5 Å². The van der Waals surface area contributed by atoms with Gasteiger partial charge < -0.3 is 25.3 Å². The first-order valence-electron chi connectivity index (χ1n) is 18.5. The van der Waals surface area contributed by atoms with Crippen molar-refractivity contribution >= 4 is 64.1 Å². The number of ether oxygens (including phenoxy) is 1. The fraction of sp³-hybridized carbons (Fsp3) is 0.163. The van der Waals surface area contributed by atoms with E-state index in [4.69, 9.17) is 29.9 Å². The molecule has 20 heteroatoms. The van der Waals surface area contributed by atoms with Gasteiger partial charge in [-0.1, -0.05) is 65.2 Å². The number of nitrogens with one attached hydrogen (secondary N) is 2. The van der Waals surface area contributed by atoms with E-state index in [-0.39, 0.29) is 33.4 Å². The summed E-state index contributed by atoms with van der Waals surface area (Å²) in [6, 6.07) is 33.1. The molecule has 0 saturated heterocycles. The zero-order valence-corrected chi connectivity index (χ0v) is 37.2. The zero-order chi connectivity index (χ0) is 45.1. The van der Waals surface area contributed by atoms with Crippen LogP contribution in [-0.2, 0) is 43.2 Å². The Morgan fingerprint density at radius 3 is 1.95 bits per heavy atom. The van der Waals surface area contributed by atoms with Crippen molar-refractivity contribution in [3.8, 4) is 17.1 Å². The molecule has 6 N–H and O–H groups in total. The first kappa shape index (κ1) is 49.9. The third-order valence-electron chi connectivity index (χ3n) is 8.70. The van der Waals surface area contributed by atoms with E-state index in [0.717, 1.165) is 27.6 Å². The molecule has 0 amide bonds. The van der Waals surface area contributed by atoms with Gasteiger partial charge >= 0.3 is 0 Å². The molecule has 0 aliphatic heterocycles. The van der Waals surface area contributed by atoms with Crippen LogP contribution in [0.25, 0.3) is 22.2 Å². The minimum atomic E-state index is -4.02. The largest absolute Gasteiger partial charge is 0.487 e. The fourth-order valence-corrected chi connectivity index (χ4v) is 7.14. The smallest absolute Gasteiger partial charge is 0.294 e. The highest BCUT2D eigenvalue weighted by Gasteiger charge is 2.13. The van der Waals surface area contributed by atoms with Crippen LogP contribution >= 0.6 is 11.6 Å². The molecule has 2 heterocycles. The van der Waals surface area contributed by atoms with Crippen LogP contribution in [0.5, 0.6) is 5.75 Å². The second-order valence-electron chi connectivity index (χ2n) is 13.8. The third kappa shape index (κ3) is 15.5. The summed E-state index contributed by atoms with van der Waals surface area (Å²) in [7, 11) is -11.1. The molecule has 334 valence electrons. The van der Waals surface area contributed by atoms with Crippen molar-refractivity contribution < 1.29 is 53.4 Å². The molecule has 7 aromatic rings. The van der Waals surface area contributed by atoms with Gasteiger partial charge in [0.1, 0.15) is 51.7 Å². The highest BCUT2D eigenvalue weighted by atomic mass is 35.5. The van der Waals surface area contributed by atoms with E-state index >= 15 is 0 Å². The molecule has 63 heavy (non-hydrogen) atoms. The van der Waals surface area contributed by atoms with Crippen LogP contribution in [0, 0.1) is 19.7 Å². The predicted octanol–water partition coefficient (Wildman–Crippen LogP) is 7.80.